The normalized spacial score (nSPS) is 12.4. The standard InChI is InChI=1S/C14H18N4O2/c1-10(2)17-9-13(8-15-17)16-11(3)12-4-6-14(7-5-12)18(19)20/h4-11,16H,1-3H3. The van der Waals surface area contributed by atoms with E-state index in [2.05, 4.69) is 24.3 Å². The maximum absolute atomic E-state index is 10.6. The third-order valence-electron chi connectivity index (χ3n) is 3.12. The van der Waals surface area contributed by atoms with Crippen LogP contribution in [-0.4, -0.2) is 14.7 Å². The van der Waals surface area contributed by atoms with Gasteiger partial charge in [0.25, 0.3) is 5.69 Å². The van der Waals surface area contributed by atoms with Crippen molar-refractivity contribution in [3.63, 3.8) is 0 Å². The molecular formula is C14H18N4O2. The molecule has 6 nitrogen and oxygen atoms in total. The van der Waals surface area contributed by atoms with Crippen molar-refractivity contribution in [3.05, 3.63) is 52.3 Å². The molecule has 106 valence electrons. The van der Waals surface area contributed by atoms with Crippen LogP contribution < -0.4 is 5.32 Å². The fourth-order valence-electron chi connectivity index (χ4n) is 1.91. The molecule has 0 fully saturated rings. The Bertz CT molecular complexity index is 589. The third kappa shape index (κ3) is 3.14. The second kappa shape index (κ2) is 5.73. The minimum atomic E-state index is -0.394. The summed E-state index contributed by atoms with van der Waals surface area (Å²) in [6.45, 7) is 6.14. The van der Waals surface area contributed by atoms with E-state index in [0.29, 0.717) is 6.04 Å². The van der Waals surface area contributed by atoms with Crippen molar-refractivity contribution in [2.45, 2.75) is 32.9 Å². The fourth-order valence-corrected chi connectivity index (χ4v) is 1.91. The highest BCUT2D eigenvalue weighted by Crippen LogP contribution is 2.21. The number of nitro benzene ring substituents is 1. The van der Waals surface area contributed by atoms with Crippen molar-refractivity contribution in [1.82, 2.24) is 9.78 Å². The van der Waals surface area contributed by atoms with Crippen LogP contribution in [0.2, 0.25) is 0 Å². The van der Waals surface area contributed by atoms with E-state index in [4.69, 9.17) is 0 Å². The quantitative estimate of drug-likeness (QED) is 0.668. The van der Waals surface area contributed by atoms with Crippen LogP contribution in [0, 0.1) is 10.1 Å². The maximum Gasteiger partial charge on any atom is 0.269 e. The molecule has 1 atom stereocenters. The van der Waals surface area contributed by atoms with Gasteiger partial charge in [-0.05, 0) is 26.3 Å². The summed E-state index contributed by atoms with van der Waals surface area (Å²) in [7, 11) is 0. The molecular weight excluding hydrogens is 256 g/mol. The van der Waals surface area contributed by atoms with Gasteiger partial charge < -0.3 is 5.32 Å². The number of rotatable bonds is 5. The number of non-ortho nitro benzene ring substituents is 1. The highest BCUT2D eigenvalue weighted by molar-refractivity contribution is 5.43. The molecule has 1 heterocycles. The van der Waals surface area contributed by atoms with E-state index in [1.807, 2.05) is 17.8 Å². The van der Waals surface area contributed by atoms with Gasteiger partial charge >= 0.3 is 0 Å². The molecule has 1 aromatic heterocycles. The van der Waals surface area contributed by atoms with Gasteiger partial charge in [-0.3, -0.25) is 14.8 Å². The lowest BCUT2D eigenvalue weighted by Gasteiger charge is -2.13. The number of hydrogen-bond donors (Lipinski definition) is 1. The summed E-state index contributed by atoms with van der Waals surface area (Å²) in [6.07, 6.45) is 3.73. The highest BCUT2D eigenvalue weighted by atomic mass is 16.6. The predicted molar refractivity (Wildman–Crippen MR) is 77.7 cm³/mol. The summed E-state index contributed by atoms with van der Waals surface area (Å²) < 4.78 is 1.88. The average molecular weight is 274 g/mol. The predicted octanol–water partition coefficient (Wildman–Crippen LogP) is 3.55. The zero-order valence-corrected chi connectivity index (χ0v) is 11.8. The topological polar surface area (TPSA) is 73.0 Å². The smallest absolute Gasteiger partial charge is 0.269 e. The Morgan fingerprint density at radius 1 is 1.25 bits per heavy atom. The largest absolute Gasteiger partial charge is 0.376 e. The van der Waals surface area contributed by atoms with E-state index in [0.717, 1.165) is 11.3 Å². The second-order valence-electron chi connectivity index (χ2n) is 5.02. The van der Waals surface area contributed by atoms with Gasteiger partial charge in [0, 0.05) is 30.4 Å². The Labute approximate surface area is 117 Å². The summed E-state index contributed by atoms with van der Waals surface area (Å²) in [6, 6.07) is 6.95. The summed E-state index contributed by atoms with van der Waals surface area (Å²) in [5.74, 6) is 0. The van der Waals surface area contributed by atoms with Gasteiger partial charge in [0.05, 0.1) is 16.8 Å². The van der Waals surface area contributed by atoms with E-state index in [1.54, 1.807) is 18.3 Å². The number of benzene rings is 1. The summed E-state index contributed by atoms with van der Waals surface area (Å²) in [5, 5.41) is 18.2. The van der Waals surface area contributed by atoms with Crippen LogP contribution in [0.25, 0.3) is 0 Å². The number of hydrogen-bond acceptors (Lipinski definition) is 4. The van der Waals surface area contributed by atoms with Gasteiger partial charge in [-0.25, -0.2) is 0 Å². The Morgan fingerprint density at radius 2 is 1.90 bits per heavy atom. The van der Waals surface area contributed by atoms with Crippen molar-refractivity contribution in [1.29, 1.82) is 0 Å². The molecule has 6 heteroatoms. The Balaban J connectivity index is 2.06. The molecule has 1 unspecified atom stereocenters. The fraction of sp³-hybridized carbons (Fsp3) is 0.357. The first kappa shape index (κ1) is 14.0. The molecule has 0 radical (unpaired) electrons. The van der Waals surface area contributed by atoms with E-state index in [9.17, 15) is 10.1 Å². The molecule has 2 rings (SSSR count). The van der Waals surface area contributed by atoms with Gasteiger partial charge in [0.1, 0.15) is 0 Å². The van der Waals surface area contributed by atoms with Crippen LogP contribution >= 0.6 is 0 Å². The number of anilines is 1. The van der Waals surface area contributed by atoms with Crippen molar-refractivity contribution in [2.75, 3.05) is 5.32 Å². The molecule has 1 N–H and O–H groups in total. The lowest BCUT2D eigenvalue weighted by atomic mass is 10.1. The maximum atomic E-state index is 10.6. The first-order chi connectivity index (χ1) is 9.47. The minimum absolute atomic E-state index is 0.0561. The van der Waals surface area contributed by atoms with Crippen LogP contribution in [0.3, 0.4) is 0 Å². The summed E-state index contributed by atoms with van der Waals surface area (Å²) in [5.41, 5.74) is 2.03. The van der Waals surface area contributed by atoms with Crippen molar-refractivity contribution < 1.29 is 4.92 Å². The van der Waals surface area contributed by atoms with Crippen molar-refractivity contribution in [3.8, 4) is 0 Å². The Hall–Kier alpha value is -2.37. The van der Waals surface area contributed by atoms with E-state index in [1.165, 1.54) is 12.1 Å². The van der Waals surface area contributed by atoms with Crippen LogP contribution in [0.15, 0.2) is 36.7 Å². The molecule has 0 aliphatic carbocycles. The zero-order chi connectivity index (χ0) is 14.7. The Morgan fingerprint density at radius 3 is 2.40 bits per heavy atom. The second-order valence-corrected chi connectivity index (χ2v) is 5.02. The molecule has 0 spiro atoms. The van der Waals surface area contributed by atoms with Crippen molar-refractivity contribution >= 4 is 11.4 Å². The number of nitrogens with zero attached hydrogens (tertiary/aromatic N) is 3. The van der Waals surface area contributed by atoms with Crippen LogP contribution in [0.5, 0.6) is 0 Å². The molecule has 0 aliphatic rings. The number of aromatic nitrogens is 2. The molecule has 0 aliphatic heterocycles. The third-order valence-corrected chi connectivity index (χ3v) is 3.12. The lowest BCUT2D eigenvalue weighted by molar-refractivity contribution is -0.384. The minimum Gasteiger partial charge on any atom is -0.376 e. The molecule has 1 aromatic carbocycles. The van der Waals surface area contributed by atoms with Gasteiger partial charge in [-0.2, -0.15) is 5.10 Å². The number of nitrogens with one attached hydrogen (secondary N) is 1. The SMILES string of the molecule is CC(Nc1cnn(C(C)C)c1)c1ccc([N+](=O)[O-])cc1. The molecule has 2 aromatic rings. The van der Waals surface area contributed by atoms with Gasteiger partial charge in [-0.1, -0.05) is 12.1 Å². The summed E-state index contributed by atoms with van der Waals surface area (Å²) >= 11 is 0. The van der Waals surface area contributed by atoms with E-state index in [-0.39, 0.29) is 11.7 Å². The molecule has 0 saturated heterocycles. The van der Waals surface area contributed by atoms with Crippen molar-refractivity contribution in [2.24, 2.45) is 0 Å². The molecule has 0 bridgehead atoms. The monoisotopic (exact) mass is 274 g/mol. The summed E-state index contributed by atoms with van der Waals surface area (Å²) in [4.78, 5) is 10.2. The van der Waals surface area contributed by atoms with Crippen LogP contribution in [-0.2, 0) is 0 Å². The molecule has 0 saturated carbocycles. The zero-order valence-electron chi connectivity index (χ0n) is 11.8. The van der Waals surface area contributed by atoms with E-state index >= 15 is 0 Å². The lowest BCUT2D eigenvalue weighted by Crippen LogP contribution is -2.06. The first-order valence-corrected chi connectivity index (χ1v) is 6.52. The molecule has 20 heavy (non-hydrogen) atoms. The van der Waals surface area contributed by atoms with Gasteiger partial charge in [-0.15, -0.1) is 0 Å². The number of nitro groups is 1. The Kier molecular flexibility index (Phi) is 4.02. The van der Waals surface area contributed by atoms with Crippen LogP contribution in [0.1, 0.15) is 38.4 Å². The molecule has 0 amide bonds. The first-order valence-electron chi connectivity index (χ1n) is 6.52. The van der Waals surface area contributed by atoms with Gasteiger partial charge in [0.15, 0.2) is 0 Å². The van der Waals surface area contributed by atoms with Crippen LogP contribution in [0.4, 0.5) is 11.4 Å². The van der Waals surface area contributed by atoms with Gasteiger partial charge in [0.2, 0.25) is 0 Å². The highest BCUT2D eigenvalue weighted by Gasteiger charge is 2.10. The average Bonchev–Trinajstić information content (AvgIpc) is 2.87. The van der Waals surface area contributed by atoms with E-state index < -0.39 is 4.92 Å².